The van der Waals surface area contributed by atoms with Crippen molar-refractivity contribution < 1.29 is 0 Å². The molecular formula is C13H24N4S. The van der Waals surface area contributed by atoms with Gasteiger partial charge in [0.05, 0.1) is 0 Å². The Kier molecular flexibility index (Phi) is 7.44. The second-order valence-electron chi connectivity index (χ2n) is 4.15. The number of rotatable bonds is 7. The summed E-state index contributed by atoms with van der Waals surface area (Å²) >= 11 is 1.80. The Morgan fingerprint density at radius 3 is 2.78 bits per heavy atom. The summed E-state index contributed by atoms with van der Waals surface area (Å²) in [5.74, 6) is 0.885. The van der Waals surface area contributed by atoms with Crippen molar-refractivity contribution >= 4 is 17.3 Å². The van der Waals surface area contributed by atoms with E-state index in [1.165, 1.54) is 4.88 Å². The van der Waals surface area contributed by atoms with E-state index in [0.29, 0.717) is 0 Å². The van der Waals surface area contributed by atoms with E-state index in [0.717, 1.165) is 38.6 Å². The fraction of sp³-hybridized carbons (Fsp3) is 0.615. The number of guanidine groups is 1. The van der Waals surface area contributed by atoms with E-state index < -0.39 is 0 Å². The van der Waals surface area contributed by atoms with E-state index in [1.54, 1.807) is 11.3 Å². The lowest BCUT2D eigenvalue weighted by atomic mass is 10.3. The molecule has 102 valence electrons. The number of aliphatic imine (C=N–C) groups is 1. The molecule has 1 heterocycles. The summed E-state index contributed by atoms with van der Waals surface area (Å²) in [5, 5.41) is 8.76. The van der Waals surface area contributed by atoms with Gasteiger partial charge in [0.15, 0.2) is 5.96 Å². The lowest BCUT2D eigenvalue weighted by Gasteiger charge is -2.16. The van der Waals surface area contributed by atoms with E-state index in [2.05, 4.69) is 52.0 Å². The minimum Gasteiger partial charge on any atom is -0.356 e. The van der Waals surface area contributed by atoms with Crippen LogP contribution in [0.5, 0.6) is 0 Å². The highest BCUT2D eigenvalue weighted by atomic mass is 32.1. The molecule has 2 N–H and O–H groups in total. The quantitative estimate of drug-likeness (QED) is 0.580. The van der Waals surface area contributed by atoms with Crippen LogP contribution in [0, 0.1) is 0 Å². The molecule has 0 atom stereocenters. The van der Waals surface area contributed by atoms with Crippen LogP contribution in [0.3, 0.4) is 0 Å². The molecule has 0 aliphatic rings. The summed E-state index contributed by atoms with van der Waals surface area (Å²) in [6.45, 7) is 6.11. The highest BCUT2D eigenvalue weighted by Crippen LogP contribution is 2.07. The van der Waals surface area contributed by atoms with Gasteiger partial charge in [0.25, 0.3) is 0 Å². The van der Waals surface area contributed by atoms with Crippen molar-refractivity contribution in [3.05, 3.63) is 22.4 Å². The summed E-state index contributed by atoms with van der Waals surface area (Å²) in [6, 6.07) is 4.26. The molecule has 0 aromatic carbocycles. The maximum atomic E-state index is 4.21. The average Bonchev–Trinajstić information content (AvgIpc) is 2.89. The average molecular weight is 268 g/mol. The van der Waals surface area contributed by atoms with Crippen LogP contribution in [0.4, 0.5) is 0 Å². The van der Waals surface area contributed by atoms with Gasteiger partial charge in [-0.15, -0.1) is 11.3 Å². The third-order valence-electron chi connectivity index (χ3n) is 2.79. The third kappa shape index (κ3) is 6.02. The number of nitrogens with one attached hydrogen (secondary N) is 2. The molecule has 0 aliphatic carbocycles. The van der Waals surface area contributed by atoms with E-state index in [1.807, 2.05) is 7.05 Å². The van der Waals surface area contributed by atoms with Crippen LogP contribution in [-0.4, -0.2) is 51.1 Å². The minimum absolute atomic E-state index is 0.885. The lowest BCUT2D eigenvalue weighted by molar-refractivity contribution is 0.357. The predicted octanol–water partition coefficient (Wildman–Crippen LogP) is 1.41. The molecule has 0 fully saturated rings. The highest BCUT2D eigenvalue weighted by molar-refractivity contribution is 7.09. The third-order valence-corrected chi connectivity index (χ3v) is 3.73. The van der Waals surface area contributed by atoms with Gasteiger partial charge < -0.3 is 15.5 Å². The summed E-state index contributed by atoms with van der Waals surface area (Å²) in [4.78, 5) is 7.88. The Morgan fingerprint density at radius 2 is 2.17 bits per heavy atom. The first-order valence-corrected chi connectivity index (χ1v) is 7.29. The molecule has 0 spiro atoms. The fourth-order valence-electron chi connectivity index (χ4n) is 1.50. The summed E-state index contributed by atoms with van der Waals surface area (Å²) in [7, 11) is 3.93. The monoisotopic (exact) mass is 268 g/mol. The fourth-order valence-corrected chi connectivity index (χ4v) is 2.21. The largest absolute Gasteiger partial charge is 0.356 e. The van der Waals surface area contributed by atoms with Crippen molar-refractivity contribution in [3.63, 3.8) is 0 Å². The maximum Gasteiger partial charge on any atom is 0.191 e. The Morgan fingerprint density at radius 1 is 1.39 bits per heavy atom. The van der Waals surface area contributed by atoms with Gasteiger partial charge in [-0.05, 0) is 31.5 Å². The van der Waals surface area contributed by atoms with Crippen LogP contribution in [-0.2, 0) is 6.42 Å². The summed E-state index contributed by atoms with van der Waals surface area (Å²) in [5.41, 5.74) is 0. The van der Waals surface area contributed by atoms with Crippen molar-refractivity contribution in [2.75, 3.05) is 40.3 Å². The highest BCUT2D eigenvalue weighted by Gasteiger charge is 1.99. The molecule has 0 saturated carbocycles. The zero-order valence-electron chi connectivity index (χ0n) is 11.6. The van der Waals surface area contributed by atoms with Gasteiger partial charge in [-0.1, -0.05) is 13.0 Å². The number of likely N-dealkylation sites (N-methyl/N-ethyl adjacent to an activating group) is 1. The molecule has 1 aromatic heterocycles. The Balaban J connectivity index is 2.14. The van der Waals surface area contributed by atoms with Gasteiger partial charge >= 0.3 is 0 Å². The molecule has 0 unspecified atom stereocenters. The van der Waals surface area contributed by atoms with E-state index in [9.17, 15) is 0 Å². The van der Waals surface area contributed by atoms with Crippen LogP contribution < -0.4 is 10.6 Å². The van der Waals surface area contributed by atoms with Crippen molar-refractivity contribution in [2.24, 2.45) is 4.99 Å². The molecule has 0 radical (unpaired) electrons. The Labute approximate surface area is 114 Å². The predicted molar refractivity (Wildman–Crippen MR) is 80.6 cm³/mol. The van der Waals surface area contributed by atoms with Crippen molar-refractivity contribution in [1.29, 1.82) is 0 Å². The first-order valence-electron chi connectivity index (χ1n) is 6.41. The molecule has 0 saturated heterocycles. The van der Waals surface area contributed by atoms with Gasteiger partial charge in [-0.2, -0.15) is 0 Å². The van der Waals surface area contributed by atoms with Gasteiger partial charge in [-0.3, -0.25) is 4.99 Å². The summed E-state index contributed by atoms with van der Waals surface area (Å²) in [6.07, 6.45) is 1.05. The van der Waals surface area contributed by atoms with Gasteiger partial charge in [-0.25, -0.2) is 0 Å². The molecule has 0 bridgehead atoms. The van der Waals surface area contributed by atoms with Crippen molar-refractivity contribution in [2.45, 2.75) is 13.3 Å². The van der Waals surface area contributed by atoms with Crippen LogP contribution in [0.2, 0.25) is 0 Å². The van der Waals surface area contributed by atoms with Crippen LogP contribution in [0.25, 0.3) is 0 Å². The van der Waals surface area contributed by atoms with Crippen LogP contribution in [0.15, 0.2) is 22.5 Å². The molecule has 1 rings (SSSR count). The molecule has 0 amide bonds. The number of hydrogen-bond acceptors (Lipinski definition) is 3. The first-order chi connectivity index (χ1) is 8.76. The molecule has 4 nitrogen and oxygen atoms in total. The van der Waals surface area contributed by atoms with Crippen molar-refractivity contribution in [1.82, 2.24) is 15.5 Å². The standard InChI is InChI=1S/C13H24N4S/c1-4-17(3)10-9-16-13(14-2)15-8-7-12-6-5-11-18-12/h5-6,11H,4,7-10H2,1-3H3,(H2,14,15,16). The van der Waals surface area contributed by atoms with Gasteiger partial charge in [0, 0.05) is 31.6 Å². The zero-order chi connectivity index (χ0) is 13.2. The summed E-state index contributed by atoms with van der Waals surface area (Å²) < 4.78 is 0. The minimum atomic E-state index is 0.885. The molecular weight excluding hydrogens is 244 g/mol. The molecule has 18 heavy (non-hydrogen) atoms. The normalized spacial score (nSPS) is 11.9. The zero-order valence-corrected chi connectivity index (χ0v) is 12.4. The first kappa shape index (κ1) is 15.0. The van der Waals surface area contributed by atoms with Crippen molar-refractivity contribution in [3.8, 4) is 0 Å². The number of thiophene rings is 1. The topological polar surface area (TPSA) is 39.7 Å². The maximum absolute atomic E-state index is 4.21. The Bertz CT molecular complexity index is 335. The SMILES string of the molecule is CCN(C)CCNC(=NC)NCCc1cccs1. The number of hydrogen-bond donors (Lipinski definition) is 2. The number of nitrogens with zero attached hydrogens (tertiary/aromatic N) is 2. The lowest BCUT2D eigenvalue weighted by Crippen LogP contribution is -2.41. The Hall–Kier alpha value is -1.07. The van der Waals surface area contributed by atoms with E-state index in [-0.39, 0.29) is 0 Å². The van der Waals surface area contributed by atoms with E-state index >= 15 is 0 Å². The second kappa shape index (κ2) is 8.94. The van der Waals surface area contributed by atoms with Gasteiger partial charge in [0.2, 0.25) is 0 Å². The molecule has 5 heteroatoms. The van der Waals surface area contributed by atoms with Gasteiger partial charge in [0.1, 0.15) is 0 Å². The molecule has 1 aromatic rings. The second-order valence-corrected chi connectivity index (χ2v) is 5.18. The van der Waals surface area contributed by atoms with Crippen LogP contribution >= 0.6 is 11.3 Å². The van der Waals surface area contributed by atoms with E-state index in [4.69, 9.17) is 0 Å². The van der Waals surface area contributed by atoms with Crippen LogP contribution in [0.1, 0.15) is 11.8 Å². The molecule has 0 aliphatic heterocycles. The smallest absolute Gasteiger partial charge is 0.191 e.